The summed E-state index contributed by atoms with van der Waals surface area (Å²) in [5.74, 6) is -1.35. The molecule has 2 rings (SSSR count). The quantitative estimate of drug-likeness (QED) is 0.837. The normalized spacial score (nSPS) is 10.3. The Kier molecular flexibility index (Phi) is 4.24. The smallest absolute Gasteiger partial charge is 0.341 e. The molecule has 0 amide bonds. The molecule has 0 bridgehead atoms. The van der Waals surface area contributed by atoms with Gasteiger partial charge in [0.15, 0.2) is 0 Å². The van der Waals surface area contributed by atoms with Gasteiger partial charge in [-0.3, -0.25) is 0 Å². The van der Waals surface area contributed by atoms with E-state index in [1.807, 2.05) is 0 Å². The Morgan fingerprint density at radius 2 is 2.10 bits per heavy atom. The number of carboxylic acids is 1. The summed E-state index contributed by atoms with van der Waals surface area (Å²) in [5.41, 5.74) is 6.38. The number of aromatic carboxylic acids is 1. The second-order valence-corrected chi connectivity index (χ2v) is 4.92. The van der Waals surface area contributed by atoms with Crippen LogP contribution in [-0.4, -0.2) is 11.1 Å². The van der Waals surface area contributed by atoms with E-state index >= 15 is 0 Å². The molecule has 0 aliphatic carbocycles. The number of carbonyl (C=O) groups is 1. The summed E-state index contributed by atoms with van der Waals surface area (Å²) in [6.07, 6.45) is 0. The average molecular weight is 340 g/mol. The molecule has 104 valence electrons. The molecule has 0 saturated carbocycles. The van der Waals surface area contributed by atoms with Crippen LogP contribution in [0.1, 0.15) is 15.9 Å². The largest absolute Gasteiger partial charge is 0.488 e. The van der Waals surface area contributed by atoms with E-state index in [-0.39, 0.29) is 29.4 Å². The molecular weight excluding hydrogens is 329 g/mol. The molecule has 2 aromatic carbocycles. The van der Waals surface area contributed by atoms with Crippen molar-refractivity contribution < 1.29 is 19.0 Å². The van der Waals surface area contributed by atoms with Gasteiger partial charge in [-0.15, -0.1) is 0 Å². The maximum atomic E-state index is 13.1. The first kappa shape index (κ1) is 14.3. The zero-order chi connectivity index (χ0) is 14.7. The first-order valence-electron chi connectivity index (χ1n) is 5.67. The number of anilines is 1. The van der Waals surface area contributed by atoms with Crippen LogP contribution in [0.2, 0.25) is 0 Å². The standard InChI is InChI=1S/C14H11BrFNO3/c15-9-6-8(4-5-10(9)16)7-20-12-3-1-2-11(17)13(12)14(18)19/h1-6H,7,17H2,(H,18,19). The van der Waals surface area contributed by atoms with E-state index in [0.717, 1.165) is 0 Å². The minimum Gasteiger partial charge on any atom is -0.488 e. The third kappa shape index (κ3) is 3.08. The van der Waals surface area contributed by atoms with Gasteiger partial charge in [0.25, 0.3) is 0 Å². The summed E-state index contributed by atoms with van der Waals surface area (Å²) in [7, 11) is 0. The van der Waals surface area contributed by atoms with Gasteiger partial charge < -0.3 is 15.6 Å². The van der Waals surface area contributed by atoms with E-state index in [1.54, 1.807) is 18.2 Å². The van der Waals surface area contributed by atoms with Crippen molar-refractivity contribution in [3.8, 4) is 5.75 Å². The highest BCUT2D eigenvalue weighted by Gasteiger charge is 2.15. The summed E-state index contributed by atoms with van der Waals surface area (Å²) in [4.78, 5) is 11.1. The fourth-order valence-electron chi connectivity index (χ4n) is 1.69. The average Bonchev–Trinajstić information content (AvgIpc) is 2.39. The van der Waals surface area contributed by atoms with Crippen molar-refractivity contribution >= 4 is 27.6 Å². The number of hydrogen-bond acceptors (Lipinski definition) is 3. The lowest BCUT2D eigenvalue weighted by atomic mass is 10.1. The molecule has 0 fully saturated rings. The molecule has 0 radical (unpaired) electrons. The number of benzene rings is 2. The number of halogens is 2. The summed E-state index contributed by atoms with van der Waals surface area (Å²) in [5, 5.41) is 9.11. The maximum absolute atomic E-state index is 13.1. The van der Waals surface area contributed by atoms with Gasteiger partial charge >= 0.3 is 5.97 Å². The number of hydrogen-bond donors (Lipinski definition) is 2. The highest BCUT2D eigenvalue weighted by Crippen LogP contribution is 2.25. The van der Waals surface area contributed by atoms with Crippen LogP contribution in [0.15, 0.2) is 40.9 Å². The van der Waals surface area contributed by atoms with Gasteiger partial charge in [0.05, 0.1) is 4.47 Å². The van der Waals surface area contributed by atoms with E-state index in [9.17, 15) is 9.18 Å². The van der Waals surface area contributed by atoms with Crippen molar-refractivity contribution in [3.63, 3.8) is 0 Å². The fraction of sp³-hybridized carbons (Fsp3) is 0.0714. The molecule has 20 heavy (non-hydrogen) atoms. The lowest BCUT2D eigenvalue weighted by molar-refractivity contribution is 0.0693. The lowest BCUT2D eigenvalue weighted by Crippen LogP contribution is -2.07. The van der Waals surface area contributed by atoms with E-state index in [2.05, 4.69) is 15.9 Å². The third-order valence-corrected chi connectivity index (χ3v) is 3.26. The Bertz CT molecular complexity index is 661. The van der Waals surface area contributed by atoms with Crippen molar-refractivity contribution in [1.82, 2.24) is 0 Å². The predicted octanol–water partition coefficient (Wildman–Crippen LogP) is 3.45. The van der Waals surface area contributed by atoms with Crippen molar-refractivity contribution in [2.45, 2.75) is 6.61 Å². The topological polar surface area (TPSA) is 72.5 Å². The Morgan fingerprint density at radius 1 is 1.35 bits per heavy atom. The molecular formula is C14H11BrFNO3. The molecule has 0 unspecified atom stereocenters. The zero-order valence-corrected chi connectivity index (χ0v) is 11.9. The number of nitrogens with two attached hydrogens (primary N) is 1. The molecule has 0 saturated heterocycles. The highest BCUT2D eigenvalue weighted by molar-refractivity contribution is 9.10. The first-order valence-corrected chi connectivity index (χ1v) is 6.47. The Hall–Kier alpha value is -2.08. The first-order chi connectivity index (χ1) is 9.49. The third-order valence-electron chi connectivity index (χ3n) is 2.65. The van der Waals surface area contributed by atoms with Gasteiger partial charge in [-0.1, -0.05) is 12.1 Å². The van der Waals surface area contributed by atoms with Crippen LogP contribution >= 0.6 is 15.9 Å². The summed E-state index contributed by atoms with van der Waals surface area (Å²) < 4.78 is 18.9. The van der Waals surface area contributed by atoms with Gasteiger partial charge in [0, 0.05) is 5.69 Å². The van der Waals surface area contributed by atoms with E-state index < -0.39 is 5.97 Å². The van der Waals surface area contributed by atoms with Crippen LogP contribution in [0, 0.1) is 5.82 Å². The van der Waals surface area contributed by atoms with Crippen LogP contribution in [0.5, 0.6) is 5.75 Å². The summed E-state index contributed by atoms with van der Waals surface area (Å²) in [6, 6.07) is 9.07. The van der Waals surface area contributed by atoms with Gasteiger partial charge in [-0.05, 0) is 45.8 Å². The number of rotatable bonds is 4. The number of carboxylic acid groups (broad SMARTS) is 1. The van der Waals surface area contributed by atoms with Gasteiger partial charge in [-0.2, -0.15) is 0 Å². The SMILES string of the molecule is Nc1cccc(OCc2ccc(F)c(Br)c2)c1C(=O)O. The highest BCUT2D eigenvalue weighted by atomic mass is 79.9. The van der Waals surface area contributed by atoms with Crippen molar-refractivity contribution in [1.29, 1.82) is 0 Å². The minimum atomic E-state index is -1.15. The van der Waals surface area contributed by atoms with Gasteiger partial charge in [0.2, 0.25) is 0 Å². The van der Waals surface area contributed by atoms with Crippen LogP contribution in [0.3, 0.4) is 0 Å². The van der Waals surface area contributed by atoms with Gasteiger partial charge in [-0.25, -0.2) is 9.18 Å². The van der Waals surface area contributed by atoms with E-state index in [1.165, 1.54) is 18.2 Å². The molecule has 0 heterocycles. The van der Waals surface area contributed by atoms with Gasteiger partial charge in [0.1, 0.15) is 23.7 Å². The second kappa shape index (κ2) is 5.92. The van der Waals surface area contributed by atoms with Crippen LogP contribution in [-0.2, 0) is 6.61 Å². The fourth-order valence-corrected chi connectivity index (χ4v) is 2.11. The predicted molar refractivity (Wildman–Crippen MR) is 76.2 cm³/mol. The van der Waals surface area contributed by atoms with Crippen molar-refractivity contribution in [3.05, 3.63) is 57.8 Å². The molecule has 0 aliphatic heterocycles. The Balaban J connectivity index is 2.21. The lowest BCUT2D eigenvalue weighted by Gasteiger charge is -2.11. The molecule has 2 aromatic rings. The Labute approximate surface area is 123 Å². The van der Waals surface area contributed by atoms with Crippen LogP contribution < -0.4 is 10.5 Å². The molecule has 0 spiro atoms. The van der Waals surface area contributed by atoms with Crippen LogP contribution in [0.4, 0.5) is 10.1 Å². The second-order valence-electron chi connectivity index (χ2n) is 4.06. The molecule has 3 N–H and O–H groups in total. The minimum absolute atomic E-state index is 0.0753. The molecule has 0 aliphatic rings. The molecule has 4 nitrogen and oxygen atoms in total. The Morgan fingerprint density at radius 3 is 2.75 bits per heavy atom. The van der Waals surface area contributed by atoms with Crippen LogP contribution in [0.25, 0.3) is 0 Å². The van der Waals surface area contributed by atoms with E-state index in [4.69, 9.17) is 15.6 Å². The maximum Gasteiger partial charge on any atom is 0.341 e. The molecule has 0 atom stereocenters. The summed E-state index contributed by atoms with van der Waals surface area (Å²) >= 11 is 3.08. The zero-order valence-electron chi connectivity index (χ0n) is 10.3. The van der Waals surface area contributed by atoms with E-state index in [0.29, 0.717) is 10.0 Å². The molecule has 6 heteroatoms. The monoisotopic (exact) mass is 339 g/mol. The number of nitrogen functional groups attached to an aromatic ring is 1. The van der Waals surface area contributed by atoms with Crippen molar-refractivity contribution in [2.75, 3.05) is 5.73 Å². The van der Waals surface area contributed by atoms with Crippen molar-refractivity contribution in [2.24, 2.45) is 0 Å². The molecule has 0 aromatic heterocycles. The summed E-state index contributed by atoms with van der Waals surface area (Å²) in [6.45, 7) is 0.114. The number of ether oxygens (including phenoxy) is 1.